The van der Waals surface area contributed by atoms with Crippen LogP contribution >= 0.6 is 11.3 Å². The molecule has 1 N–H and O–H groups in total. The number of aryl methyl sites for hydroxylation is 1. The number of pyridine rings is 1. The zero-order valence-electron chi connectivity index (χ0n) is 14.9. The number of aromatic nitrogens is 2. The van der Waals surface area contributed by atoms with Crippen molar-refractivity contribution in [2.45, 2.75) is 33.3 Å². The lowest BCUT2D eigenvalue weighted by atomic mass is 9.99. The van der Waals surface area contributed by atoms with Crippen molar-refractivity contribution in [3.63, 3.8) is 0 Å². The molecule has 3 heterocycles. The van der Waals surface area contributed by atoms with E-state index in [4.69, 9.17) is 14.4 Å². The summed E-state index contributed by atoms with van der Waals surface area (Å²) in [6.45, 7) is 3.49. The highest BCUT2D eigenvalue weighted by Crippen LogP contribution is 2.24. The molecule has 27 heavy (non-hydrogen) atoms. The standard InChI is InChI=1S/C19H17N3O4S/c1-11-14(12(2)21-18(24)15(11)8-20)5-6-17(23)25-9-13-10-26-19(22-13)16-4-3-7-27-16/h3-4,7,10H,5-6,9H2,1-2H3,(H,21,24). The molecule has 0 saturated heterocycles. The van der Waals surface area contributed by atoms with E-state index >= 15 is 0 Å². The van der Waals surface area contributed by atoms with E-state index < -0.39 is 5.56 Å². The number of oxazole rings is 1. The summed E-state index contributed by atoms with van der Waals surface area (Å²) in [7, 11) is 0. The zero-order valence-corrected chi connectivity index (χ0v) is 15.7. The van der Waals surface area contributed by atoms with Gasteiger partial charge in [-0.2, -0.15) is 5.26 Å². The number of nitrogens with zero attached hydrogens (tertiary/aromatic N) is 2. The van der Waals surface area contributed by atoms with Gasteiger partial charge in [-0.15, -0.1) is 11.3 Å². The van der Waals surface area contributed by atoms with Gasteiger partial charge in [0.25, 0.3) is 5.56 Å². The molecule has 0 aliphatic carbocycles. The molecule has 0 saturated carbocycles. The highest BCUT2D eigenvalue weighted by molar-refractivity contribution is 7.13. The maximum atomic E-state index is 12.1. The summed E-state index contributed by atoms with van der Waals surface area (Å²) in [5.41, 5.74) is 2.24. The molecule has 0 unspecified atom stereocenters. The van der Waals surface area contributed by atoms with Crippen LogP contribution in [0.1, 0.15) is 34.5 Å². The second-order valence-electron chi connectivity index (χ2n) is 5.95. The molecular weight excluding hydrogens is 366 g/mol. The van der Waals surface area contributed by atoms with Crippen LogP contribution in [0.15, 0.2) is 33.0 Å². The number of hydrogen-bond donors (Lipinski definition) is 1. The Bertz CT molecular complexity index is 1060. The van der Waals surface area contributed by atoms with Gasteiger partial charge in [-0.1, -0.05) is 6.07 Å². The molecule has 0 aromatic carbocycles. The second-order valence-corrected chi connectivity index (χ2v) is 6.90. The third-order valence-electron chi connectivity index (χ3n) is 4.16. The monoisotopic (exact) mass is 383 g/mol. The fourth-order valence-electron chi connectivity index (χ4n) is 2.76. The van der Waals surface area contributed by atoms with Crippen molar-refractivity contribution in [1.82, 2.24) is 9.97 Å². The van der Waals surface area contributed by atoms with Crippen molar-refractivity contribution in [1.29, 1.82) is 5.26 Å². The number of nitrogens with one attached hydrogen (secondary N) is 1. The normalized spacial score (nSPS) is 10.6. The average molecular weight is 383 g/mol. The van der Waals surface area contributed by atoms with Crippen molar-refractivity contribution in [3.8, 4) is 16.8 Å². The van der Waals surface area contributed by atoms with E-state index in [0.717, 1.165) is 10.4 Å². The van der Waals surface area contributed by atoms with Crippen LogP contribution in [0.25, 0.3) is 10.8 Å². The Labute approximate surface area is 159 Å². The van der Waals surface area contributed by atoms with Gasteiger partial charge in [0.1, 0.15) is 30.2 Å². The number of nitriles is 1. The molecule has 7 nitrogen and oxygen atoms in total. The van der Waals surface area contributed by atoms with Crippen LogP contribution in [-0.4, -0.2) is 15.9 Å². The molecule has 0 amide bonds. The number of H-pyrrole nitrogens is 1. The zero-order chi connectivity index (χ0) is 19.4. The Hall–Kier alpha value is -3.18. The number of carbonyl (C=O) groups is 1. The lowest BCUT2D eigenvalue weighted by molar-refractivity contribution is -0.145. The van der Waals surface area contributed by atoms with Crippen LogP contribution in [-0.2, 0) is 22.6 Å². The second kappa shape index (κ2) is 8.01. The van der Waals surface area contributed by atoms with E-state index in [9.17, 15) is 9.59 Å². The van der Waals surface area contributed by atoms with Crippen LogP contribution in [0, 0.1) is 25.2 Å². The summed E-state index contributed by atoms with van der Waals surface area (Å²) in [5, 5.41) is 11.0. The predicted molar refractivity (Wildman–Crippen MR) is 99.2 cm³/mol. The van der Waals surface area contributed by atoms with E-state index in [-0.39, 0.29) is 24.6 Å². The van der Waals surface area contributed by atoms with Crippen LogP contribution in [0.4, 0.5) is 0 Å². The van der Waals surface area contributed by atoms with Crippen LogP contribution in [0.5, 0.6) is 0 Å². The van der Waals surface area contributed by atoms with E-state index in [1.807, 2.05) is 23.6 Å². The van der Waals surface area contributed by atoms with Gasteiger partial charge in [0.05, 0.1) is 4.88 Å². The summed E-state index contributed by atoms with van der Waals surface area (Å²) in [5.74, 6) is 0.110. The Kier molecular flexibility index (Phi) is 5.52. The van der Waals surface area contributed by atoms with Crippen molar-refractivity contribution in [2.24, 2.45) is 0 Å². The first-order valence-electron chi connectivity index (χ1n) is 8.26. The summed E-state index contributed by atoms with van der Waals surface area (Å²) < 4.78 is 10.6. The summed E-state index contributed by atoms with van der Waals surface area (Å²) >= 11 is 1.51. The average Bonchev–Trinajstić information content (AvgIpc) is 3.31. The molecule has 3 rings (SSSR count). The molecule has 3 aromatic heterocycles. The van der Waals surface area contributed by atoms with Crippen molar-refractivity contribution >= 4 is 17.3 Å². The molecule has 0 spiro atoms. The van der Waals surface area contributed by atoms with Gasteiger partial charge in [0.15, 0.2) is 0 Å². The molecule has 0 aliphatic heterocycles. The summed E-state index contributed by atoms with van der Waals surface area (Å²) in [6, 6.07) is 5.71. The molecule has 0 aliphatic rings. The first kappa shape index (κ1) is 18.6. The Morgan fingerprint density at radius 1 is 1.44 bits per heavy atom. The lowest BCUT2D eigenvalue weighted by Crippen LogP contribution is -2.17. The molecule has 0 atom stereocenters. The first-order valence-corrected chi connectivity index (χ1v) is 9.14. The van der Waals surface area contributed by atoms with Gasteiger partial charge >= 0.3 is 5.97 Å². The molecule has 0 fully saturated rings. The topological polar surface area (TPSA) is 109 Å². The summed E-state index contributed by atoms with van der Waals surface area (Å²) in [6.07, 6.45) is 1.98. The van der Waals surface area contributed by atoms with Crippen molar-refractivity contribution in [2.75, 3.05) is 0 Å². The SMILES string of the molecule is Cc1[nH]c(=O)c(C#N)c(C)c1CCC(=O)OCc1coc(-c2cccs2)n1. The third-order valence-corrected chi connectivity index (χ3v) is 5.02. The van der Waals surface area contributed by atoms with Crippen molar-refractivity contribution < 1.29 is 13.9 Å². The number of ether oxygens (including phenoxy) is 1. The van der Waals surface area contributed by atoms with Crippen LogP contribution in [0.3, 0.4) is 0 Å². The fourth-order valence-corrected chi connectivity index (χ4v) is 3.42. The van der Waals surface area contributed by atoms with Crippen molar-refractivity contribution in [3.05, 3.63) is 62.2 Å². The number of esters is 1. The van der Waals surface area contributed by atoms with Gasteiger partial charge in [-0.05, 0) is 42.8 Å². The lowest BCUT2D eigenvalue weighted by Gasteiger charge is -2.10. The Morgan fingerprint density at radius 3 is 2.96 bits per heavy atom. The number of thiophene rings is 1. The minimum Gasteiger partial charge on any atom is -0.459 e. The first-order chi connectivity index (χ1) is 13.0. The third kappa shape index (κ3) is 4.15. The van der Waals surface area contributed by atoms with Gasteiger partial charge in [-0.3, -0.25) is 9.59 Å². The number of hydrogen-bond acceptors (Lipinski definition) is 7. The minimum atomic E-state index is -0.411. The number of aromatic amines is 1. The maximum absolute atomic E-state index is 12.1. The molecule has 0 bridgehead atoms. The molecule has 3 aromatic rings. The van der Waals surface area contributed by atoms with Crippen LogP contribution < -0.4 is 5.56 Å². The largest absolute Gasteiger partial charge is 0.459 e. The maximum Gasteiger partial charge on any atom is 0.306 e. The Morgan fingerprint density at radius 2 is 2.26 bits per heavy atom. The predicted octanol–water partition coefficient (Wildman–Crippen LogP) is 3.26. The smallest absolute Gasteiger partial charge is 0.306 e. The quantitative estimate of drug-likeness (QED) is 0.655. The molecular formula is C19H17N3O4S. The molecule has 0 radical (unpaired) electrons. The highest BCUT2D eigenvalue weighted by atomic mass is 32.1. The number of carbonyl (C=O) groups excluding carboxylic acids is 1. The highest BCUT2D eigenvalue weighted by Gasteiger charge is 2.14. The van der Waals surface area contributed by atoms with Gasteiger partial charge in [-0.25, -0.2) is 4.98 Å². The van der Waals surface area contributed by atoms with Gasteiger partial charge < -0.3 is 14.1 Å². The fraction of sp³-hybridized carbons (Fsp3) is 0.263. The van der Waals surface area contributed by atoms with E-state index in [0.29, 0.717) is 29.3 Å². The molecule has 138 valence electrons. The van der Waals surface area contributed by atoms with Gasteiger partial charge in [0, 0.05) is 12.1 Å². The number of rotatable bonds is 6. The van der Waals surface area contributed by atoms with Gasteiger partial charge in [0.2, 0.25) is 5.89 Å². The molecule has 8 heteroatoms. The Balaban J connectivity index is 1.58. The van der Waals surface area contributed by atoms with Crippen LogP contribution in [0.2, 0.25) is 0 Å². The minimum absolute atomic E-state index is 0.0285. The van der Waals surface area contributed by atoms with E-state index in [2.05, 4.69) is 9.97 Å². The summed E-state index contributed by atoms with van der Waals surface area (Å²) in [4.78, 5) is 31.6. The van der Waals surface area contributed by atoms with E-state index in [1.165, 1.54) is 17.6 Å². The van der Waals surface area contributed by atoms with E-state index in [1.54, 1.807) is 13.8 Å².